The molecule has 0 amide bonds. The fraction of sp³-hybridized carbons (Fsp3) is 0.381. The zero-order valence-electron chi connectivity index (χ0n) is 16.3. The molecule has 0 saturated carbocycles. The van der Waals surface area contributed by atoms with Crippen molar-refractivity contribution in [1.82, 2.24) is 15.6 Å². The lowest BCUT2D eigenvalue weighted by molar-refractivity contribution is 0.0290. The first-order chi connectivity index (χ1) is 14.6. The average molecular weight is 433 g/mol. The van der Waals surface area contributed by atoms with Gasteiger partial charge in [0.2, 0.25) is 0 Å². The molecular formula is C21H22ClFN4O3. The summed E-state index contributed by atoms with van der Waals surface area (Å²) in [4.78, 5) is 21.6. The van der Waals surface area contributed by atoms with Crippen molar-refractivity contribution in [3.8, 4) is 5.75 Å². The summed E-state index contributed by atoms with van der Waals surface area (Å²) in [7, 11) is 0. The Hall–Kier alpha value is -2.39. The summed E-state index contributed by atoms with van der Waals surface area (Å²) in [6.45, 7) is 3.64. The summed E-state index contributed by atoms with van der Waals surface area (Å²) in [5.74, 6) is -0.128. The van der Waals surface area contributed by atoms with E-state index in [1.807, 2.05) is 0 Å². The largest absolute Gasteiger partial charge is 0.488 e. The highest BCUT2D eigenvalue weighted by Gasteiger charge is 2.23. The molecule has 1 fully saturated rings. The predicted octanol–water partition coefficient (Wildman–Crippen LogP) is 2.69. The monoisotopic (exact) mass is 432 g/mol. The van der Waals surface area contributed by atoms with Gasteiger partial charge >= 0.3 is 0 Å². The first-order valence-electron chi connectivity index (χ1n) is 9.78. The predicted molar refractivity (Wildman–Crippen MR) is 112 cm³/mol. The number of pyridine rings is 1. The highest BCUT2D eigenvalue weighted by atomic mass is 35.5. The number of benzene rings is 1. The second-order valence-corrected chi connectivity index (χ2v) is 7.53. The third-order valence-electron chi connectivity index (χ3n) is 4.90. The van der Waals surface area contributed by atoms with E-state index in [1.54, 1.807) is 12.3 Å². The molecule has 0 bridgehead atoms. The number of ether oxygens (including phenoxy) is 2. The van der Waals surface area contributed by atoms with Crippen LogP contribution in [0.4, 0.5) is 10.1 Å². The van der Waals surface area contributed by atoms with Crippen LogP contribution in [0.2, 0.25) is 5.02 Å². The number of halogens is 2. The molecule has 4 rings (SSSR count). The number of hydrogen-bond donors (Lipinski definition) is 2. The van der Waals surface area contributed by atoms with Crippen LogP contribution in [0.1, 0.15) is 22.5 Å². The Morgan fingerprint density at radius 3 is 3.07 bits per heavy atom. The molecule has 2 aromatic rings. The molecule has 2 aliphatic rings. The van der Waals surface area contributed by atoms with Crippen LogP contribution < -0.4 is 15.4 Å². The number of aliphatic imine (C=N–C) groups is 1. The lowest BCUT2D eigenvalue weighted by atomic mass is 10.00. The van der Waals surface area contributed by atoms with Crippen molar-refractivity contribution >= 4 is 28.8 Å². The molecule has 0 unspecified atom stereocenters. The van der Waals surface area contributed by atoms with Crippen LogP contribution in [-0.4, -0.2) is 55.4 Å². The SMILES string of the molecule is O=C1CC(COc2ccc(F)c(Cl)c2)=Nc2c1ccnc2CNC[C@H]1CNCCO1. The van der Waals surface area contributed by atoms with Gasteiger partial charge in [0.1, 0.15) is 18.2 Å². The highest BCUT2D eigenvalue weighted by Crippen LogP contribution is 2.29. The zero-order valence-corrected chi connectivity index (χ0v) is 17.0. The maximum Gasteiger partial charge on any atom is 0.170 e. The van der Waals surface area contributed by atoms with Crippen LogP contribution in [-0.2, 0) is 11.3 Å². The normalized spacial score (nSPS) is 18.7. The van der Waals surface area contributed by atoms with Crippen molar-refractivity contribution in [2.75, 3.05) is 32.8 Å². The van der Waals surface area contributed by atoms with Gasteiger partial charge < -0.3 is 20.1 Å². The quantitative estimate of drug-likeness (QED) is 0.699. The molecule has 3 heterocycles. The highest BCUT2D eigenvalue weighted by molar-refractivity contribution is 6.30. The molecule has 1 aromatic carbocycles. The van der Waals surface area contributed by atoms with Crippen LogP contribution in [0.25, 0.3) is 0 Å². The van der Waals surface area contributed by atoms with E-state index in [0.29, 0.717) is 48.1 Å². The molecule has 9 heteroatoms. The summed E-state index contributed by atoms with van der Waals surface area (Å²) < 4.78 is 24.6. The Morgan fingerprint density at radius 2 is 2.27 bits per heavy atom. The number of carbonyl (C=O) groups is 1. The molecule has 0 radical (unpaired) electrons. The Kier molecular flexibility index (Phi) is 6.69. The fourth-order valence-corrected chi connectivity index (χ4v) is 3.54. The van der Waals surface area contributed by atoms with Crippen LogP contribution in [0, 0.1) is 5.82 Å². The first-order valence-corrected chi connectivity index (χ1v) is 10.2. The Labute approximate surface area is 178 Å². The van der Waals surface area contributed by atoms with E-state index < -0.39 is 5.82 Å². The number of nitrogens with one attached hydrogen (secondary N) is 2. The smallest absolute Gasteiger partial charge is 0.170 e. The van der Waals surface area contributed by atoms with E-state index in [-0.39, 0.29) is 29.9 Å². The molecule has 158 valence electrons. The van der Waals surface area contributed by atoms with Crippen LogP contribution in [0.15, 0.2) is 35.5 Å². The number of fused-ring (bicyclic) bond motifs is 1. The molecule has 0 spiro atoms. The van der Waals surface area contributed by atoms with E-state index >= 15 is 0 Å². The number of morpholine rings is 1. The molecule has 2 aliphatic heterocycles. The van der Waals surface area contributed by atoms with Gasteiger partial charge in [0.25, 0.3) is 0 Å². The van der Waals surface area contributed by atoms with Gasteiger partial charge in [0, 0.05) is 44.0 Å². The van der Waals surface area contributed by atoms with Gasteiger partial charge in [-0.05, 0) is 18.2 Å². The van der Waals surface area contributed by atoms with Crippen LogP contribution in [0.5, 0.6) is 5.75 Å². The van der Waals surface area contributed by atoms with Gasteiger partial charge in [-0.2, -0.15) is 0 Å². The number of rotatable bonds is 7. The second kappa shape index (κ2) is 9.61. The van der Waals surface area contributed by atoms with Crippen LogP contribution >= 0.6 is 11.6 Å². The van der Waals surface area contributed by atoms with Crippen molar-refractivity contribution in [3.63, 3.8) is 0 Å². The number of carbonyl (C=O) groups excluding carboxylic acids is 1. The van der Waals surface area contributed by atoms with Crippen molar-refractivity contribution in [3.05, 3.63) is 52.6 Å². The summed E-state index contributed by atoms with van der Waals surface area (Å²) in [5, 5.41) is 6.60. The van der Waals surface area contributed by atoms with Crippen molar-refractivity contribution in [2.24, 2.45) is 4.99 Å². The fourth-order valence-electron chi connectivity index (χ4n) is 3.37. The van der Waals surface area contributed by atoms with Gasteiger partial charge in [-0.1, -0.05) is 11.6 Å². The van der Waals surface area contributed by atoms with E-state index in [2.05, 4.69) is 20.6 Å². The Morgan fingerprint density at radius 1 is 1.37 bits per heavy atom. The minimum atomic E-state index is -0.513. The molecule has 1 aromatic heterocycles. The standard InChI is InChI=1S/C21H22ClFN4O3/c22-17-8-14(1-2-18(17)23)30-12-13-7-20(28)16-3-4-26-19(21(16)27-13)11-25-10-15-9-24-5-6-29-15/h1-4,8,15,24-25H,5-7,9-12H2/t15-/m1/s1. The number of nitrogens with zero attached hydrogens (tertiary/aromatic N) is 2. The van der Waals surface area contributed by atoms with E-state index in [1.165, 1.54) is 18.2 Å². The number of ketones is 1. The average Bonchev–Trinajstić information content (AvgIpc) is 2.76. The van der Waals surface area contributed by atoms with Gasteiger partial charge in [-0.15, -0.1) is 0 Å². The van der Waals surface area contributed by atoms with Crippen molar-refractivity contribution in [2.45, 2.75) is 19.1 Å². The van der Waals surface area contributed by atoms with Gasteiger partial charge in [-0.25, -0.2) is 4.39 Å². The van der Waals surface area contributed by atoms with Gasteiger partial charge in [0.15, 0.2) is 5.78 Å². The third kappa shape index (κ3) is 5.02. The third-order valence-corrected chi connectivity index (χ3v) is 5.19. The molecule has 1 atom stereocenters. The minimum absolute atomic E-state index is 0.0192. The van der Waals surface area contributed by atoms with Gasteiger partial charge in [0.05, 0.1) is 41.2 Å². The van der Waals surface area contributed by atoms with E-state index in [0.717, 1.165) is 13.1 Å². The molecule has 0 aliphatic carbocycles. The zero-order chi connectivity index (χ0) is 20.9. The number of Topliss-reactive ketones (excluding diaryl/α,β-unsaturated/α-hetero) is 1. The number of hydrogen-bond acceptors (Lipinski definition) is 7. The summed E-state index contributed by atoms with van der Waals surface area (Å²) in [5.41, 5.74) is 2.42. The lowest BCUT2D eigenvalue weighted by Gasteiger charge is -2.24. The molecule has 7 nitrogen and oxygen atoms in total. The van der Waals surface area contributed by atoms with E-state index in [4.69, 9.17) is 21.1 Å². The Balaban J connectivity index is 1.43. The second-order valence-electron chi connectivity index (χ2n) is 7.12. The van der Waals surface area contributed by atoms with Crippen LogP contribution in [0.3, 0.4) is 0 Å². The summed E-state index contributed by atoms with van der Waals surface area (Å²) in [6, 6.07) is 5.81. The molecule has 1 saturated heterocycles. The molecule has 30 heavy (non-hydrogen) atoms. The topological polar surface area (TPSA) is 84.8 Å². The maximum absolute atomic E-state index is 13.3. The summed E-state index contributed by atoms with van der Waals surface area (Å²) in [6.07, 6.45) is 1.90. The molecule has 2 N–H and O–H groups in total. The number of aromatic nitrogens is 1. The van der Waals surface area contributed by atoms with Crippen molar-refractivity contribution in [1.29, 1.82) is 0 Å². The first kappa shape index (κ1) is 20.9. The lowest BCUT2D eigenvalue weighted by Crippen LogP contribution is -2.43. The van der Waals surface area contributed by atoms with Gasteiger partial charge in [-0.3, -0.25) is 14.8 Å². The summed E-state index contributed by atoms with van der Waals surface area (Å²) >= 11 is 5.78. The minimum Gasteiger partial charge on any atom is -0.488 e. The molecular weight excluding hydrogens is 411 g/mol. The maximum atomic E-state index is 13.3. The Bertz CT molecular complexity index is 963. The van der Waals surface area contributed by atoms with E-state index in [9.17, 15) is 9.18 Å². The van der Waals surface area contributed by atoms with Crippen molar-refractivity contribution < 1.29 is 18.7 Å².